The van der Waals surface area contributed by atoms with E-state index in [0.717, 1.165) is 4.90 Å². The summed E-state index contributed by atoms with van der Waals surface area (Å²) < 4.78 is 39.4. The fourth-order valence-electron chi connectivity index (χ4n) is 1.01. The topological polar surface area (TPSA) is 49.8 Å². The van der Waals surface area contributed by atoms with Crippen LogP contribution < -0.4 is 0 Å². The van der Waals surface area contributed by atoms with Gasteiger partial charge < -0.3 is 14.7 Å². The molecule has 1 amide bonds. The van der Waals surface area contributed by atoms with Crippen molar-refractivity contribution in [3.05, 3.63) is 0 Å². The van der Waals surface area contributed by atoms with Crippen molar-refractivity contribution < 1.29 is 27.8 Å². The smallest absolute Gasteiger partial charge is 0.422 e. The van der Waals surface area contributed by atoms with Gasteiger partial charge in [0.2, 0.25) is 0 Å². The van der Waals surface area contributed by atoms with Gasteiger partial charge in [-0.25, -0.2) is 4.79 Å². The van der Waals surface area contributed by atoms with E-state index >= 15 is 0 Å². The predicted octanol–water partition coefficient (Wildman–Crippen LogP) is 1.78. The van der Waals surface area contributed by atoms with E-state index in [0.29, 0.717) is 0 Å². The zero-order valence-electron chi connectivity index (χ0n) is 9.47. The lowest BCUT2D eigenvalue weighted by atomic mass is 10.1. The Bertz CT molecular complexity index is 235. The number of carbonyl (C=O) groups excluding carboxylic acids is 1. The molecule has 16 heavy (non-hydrogen) atoms. The van der Waals surface area contributed by atoms with Gasteiger partial charge in [0.1, 0.15) is 0 Å². The Balaban J connectivity index is 4.22. The highest BCUT2D eigenvalue weighted by Gasteiger charge is 2.31. The molecule has 0 aliphatic carbocycles. The Labute approximate surface area is 92.0 Å². The molecule has 0 unspecified atom stereocenters. The van der Waals surface area contributed by atoms with Crippen molar-refractivity contribution in [2.24, 2.45) is 0 Å². The molecule has 96 valence electrons. The third kappa shape index (κ3) is 7.33. The lowest BCUT2D eigenvalue weighted by Gasteiger charge is -2.27. The summed E-state index contributed by atoms with van der Waals surface area (Å²) in [5, 5.41) is 9.42. The van der Waals surface area contributed by atoms with Gasteiger partial charge in [-0.2, -0.15) is 13.2 Å². The predicted molar refractivity (Wildman–Crippen MR) is 50.9 cm³/mol. The molecule has 0 spiro atoms. The molecule has 0 atom stereocenters. The van der Waals surface area contributed by atoms with E-state index in [1.165, 1.54) is 13.8 Å². The first-order valence-electron chi connectivity index (χ1n) is 4.76. The fourth-order valence-corrected chi connectivity index (χ4v) is 1.01. The van der Waals surface area contributed by atoms with Crippen molar-refractivity contribution in [1.82, 2.24) is 4.90 Å². The third-order valence-corrected chi connectivity index (χ3v) is 1.58. The second-order valence-corrected chi connectivity index (χ2v) is 4.00. The summed E-state index contributed by atoms with van der Waals surface area (Å²) in [5.74, 6) is 0. The molecule has 0 aromatic rings. The van der Waals surface area contributed by atoms with E-state index in [9.17, 15) is 23.1 Å². The number of likely N-dealkylation sites (N-methyl/N-ethyl adjacent to an activating group) is 1. The zero-order chi connectivity index (χ0) is 13.0. The summed E-state index contributed by atoms with van der Waals surface area (Å²) in [6, 6.07) is 0. The molecule has 0 bridgehead atoms. The number of rotatable bonds is 4. The number of aliphatic hydroxyl groups is 1. The minimum Gasteiger partial charge on any atom is -0.440 e. The van der Waals surface area contributed by atoms with E-state index < -0.39 is 24.5 Å². The summed E-state index contributed by atoms with van der Waals surface area (Å²) in [6.07, 6.45) is -5.62. The van der Waals surface area contributed by atoms with Gasteiger partial charge in [0.15, 0.2) is 6.61 Å². The van der Waals surface area contributed by atoms with Gasteiger partial charge in [-0.1, -0.05) is 0 Å². The van der Waals surface area contributed by atoms with E-state index in [-0.39, 0.29) is 13.1 Å². The van der Waals surface area contributed by atoms with Crippen LogP contribution in [0.2, 0.25) is 0 Å². The molecule has 1 N–H and O–H groups in total. The Morgan fingerprint density at radius 3 is 2.19 bits per heavy atom. The van der Waals surface area contributed by atoms with Crippen molar-refractivity contribution in [2.75, 3.05) is 19.7 Å². The number of halogens is 3. The minimum atomic E-state index is -4.54. The zero-order valence-corrected chi connectivity index (χ0v) is 9.47. The normalized spacial score (nSPS) is 12.4. The highest BCUT2D eigenvalue weighted by atomic mass is 19.4. The Hall–Kier alpha value is -0.980. The molecule has 4 nitrogen and oxygen atoms in total. The molecular weight excluding hydrogens is 227 g/mol. The Morgan fingerprint density at radius 2 is 1.88 bits per heavy atom. The van der Waals surface area contributed by atoms with Gasteiger partial charge >= 0.3 is 12.3 Å². The van der Waals surface area contributed by atoms with Crippen molar-refractivity contribution in [2.45, 2.75) is 32.5 Å². The molecule has 0 fully saturated rings. The average Bonchev–Trinajstić information content (AvgIpc) is 2.07. The summed E-state index contributed by atoms with van der Waals surface area (Å²) in [5.41, 5.74) is -1.17. The molecule has 0 radical (unpaired) electrons. The molecular formula is C9H16F3NO3. The first-order valence-corrected chi connectivity index (χ1v) is 4.76. The van der Waals surface area contributed by atoms with Gasteiger partial charge in [0.25, 0.3) is 0 Å². The molecule has 0 aromatic carbocycles. The SMILES string of the molecule is CCN(CC(C)(C)O)C(=O)OCC(F)(F)F. The second kappa shape index (κ2) is 5.38. The molecule has 0 rings (SSSR count). The van der Waals surface area contributed by atoms with Crippen LogP contribution in [0, 0.1) is 0 Å². The number of carbonyl (C=O) groups is 1. The van der Waals surface area contributed by atoms with Gasteiger partial charge in [-0.3, -0.25) is 0 Å². The van der Waals surface area contributed by atoms with Crippen molar-refractivity contribution in [1.29, 1.82) is 0 Å². The monoisotopic (exact) mass is 243 g/mol. The lowest BCUT2D eigenvalue weighted by Crippen LogP contribution is -2.43. The van der Waals surface area contributed by atoms with Gasteiger partial charge in [-0.15, -0.1) is 0 Å². The van der Waals surface area contributed by atoms with E-state index in [1.54, 1.807) is 6.92 Å². The Morgan fingerprint density at radius 1 is 1.38 bits per heavy atom. The molecule has 7 heteroatoms. The van der Waals surface area contributed by atoms with Gasteiger partial charge in [0, 0.05) is 6.54 Å². The summed E-state index contributed by atoms with van der Waals surface area (Å²) in [6.45, 7) is 2.95. The van der Waals surface area contributed by atoms with E-state index in [4.69, 9.17) is 0 Å². The van der Waals surface area contributed by atoms with Crippen LogP contribution in [-0.2, 0) is 4.74 Å². The minimum absolute atomic E-state index is 0.0831. The number of ether oxygens (including phenoxy) is 1. The number of amides is 1. The summed E-state index contributed by atoms with van der Waals surface area (Å²) in [7, 11) is 0. The number of alkyl halides is 3. The number of nitrogens with zero attached hydrogens (tertiary/aromatic N) is 1. The largest absolute Gasteiger partial charge is 0.440 e. The van der Waals surface area contributed by atoms with Crippen LogP contribution >= 0.6 is 0 Å². The third-order valence-electron chi connectivity index (χ3n) is 1.58. The van der Waals surface area contributed by atoms with Crippen LogP contribution in [0.15, 0.2) is 0 Å². The van der Waals surface area contributed by atoms with Crippen molar-refractivity contribution >= 4 is 6.09 Å². The molecule has 0 saturated carbocycles. The van der Waals surface area contributed by atoms with Gasteiger partial charge in [0.05, 0.1) is 12.1 Å². The number of hydrogen-bond donors (Lipinski definition) is 1. The highest BCUT2D eigenvalue weighted by Crippen LogP contribution is 2.15. The van der Waals surface area contributed by atoms with Crippen molar-refractivity contribution in [3.8, 4) is 0 Å². The first-order chi connectivity index (χ1) is 7.05. The molecule has 0 aromatic heterocycles. The summed E-state index contributed by atoms with van der Waals surface area (Å²) >= 11 is 0. The van der Waals surface area contributed by atoms with E-state index in [2.05, 4.69) is 4.74 Å². The van der Waals surface area contributed by atoms with Crippen LogP contribution in [-0.4, -0.2) is 47.6 Å². The average molecular weight is 243 g/mol. The van der Waals surface area contributed by atoms with Crippen molar-refractivity contribution in [3.63, 3.8) is 0 Å². The van der Waals surface area contributed by atoms with Crippen LogP contribution in [0.1, 0.15) is 20.8 Å². The number of hydrogen-bond acceptors (Lipinski definition) is 3. The maximum absolute atomic E-state index is 11.8. The molecule has 0 saturated heterocycles. The standard InChI is InChI=1S/C9H16F3NO3/c1-4-13(5-8(2,3)15)7(14)16-6-9(10,11)12/h15H,4-6H2,1-3H3. The molecule has 0 aliphatic heterocycles. The maximum Gasteiger partial charge on any atom is 0.422 e. The first kappa shape index (κ1) is 15.0. The molecule has 0 heterocycles. The quantitative estimate of drug-likeness (QED) is 0.818. The maximum atomic E-state index is 11.8. The van der Waals surface area contributed by atoms with Gasteiger partial charge in [-0.05, 0) is 20.8 Å². The van der Waals surface area contributed by atoms with Crippen LogP contribution in [0.5, 0.6) is 0 Å². The van der Waals surface area contributed by atoms with Crippen LogP contribution in [0.25, 0.3) is 0 Å². The fraction of sp³-hybridized carbons (Fsp3) is 0.889. The van der Waals surface area contributed by atoms with E-state index in [1.807, 2.05) is 0 Å². The summed E-state index contributed by atoms with van der Waals surface area (Å²) in [4.78, 5) is 12.2. The van der Waals surface area contributed by atoms with Crippen LogP contribution in [0.3, 0.4) is 0 Å². The Kier molecular flexibility index (Phi) is 5.05. The highest BCUT2D eigenvalue weighted by molar-refractivity contribution is 5.67. The molecule has 0 aliphatic rings. The lowest BCUT2D eigenvalue weighted by molar-refractivity contribution is -0.162. The van der Waals surface area contributed by atoms with Crippen LogP contribution in [0.4, 0.5) is 18.0 Å². The second-order valence-electron chi connectivity index (χ2n) is 4.00.